The van der Waals surface area contributed by atoms with E-state index < -0.39 is 10.0 Å². The molecule has 160 valence electrons. The number of nitrogens with one attached hydrogen (secondary N) is 2. The van der Waals surface area contributed by atoms with Crippen LogP contribution in [0.4, 0.5) is 5.69 Å². The minimum absolute atomic E-state index is 0. The van der Waals surface area contributed by atoms with Crippen LogP contribution in [0.1, 0.15) is 16.8 Å². The minimum atomic E-state index is -3.64. The summed E-state index contributed by atoms with van der Waals surface area (Å²) in [6.07, 6.45) is 0.766. The maximum Gasteiger partial charge on any atom is 0.258 e. The monoisotopic (exact) mass is 460 g/mol. The van der Waals surface area contributed by atoms with E-state index in [2.05, 4.69) is 14.9 Å². The smallest absolute Gasteiger partial charge is 0.258 e. The second kappa shape index (κ2) is 9.59. The molecule has 0 radical (unpaired) electrons. The van der Waals surface area contributed by atoms with E-state index in [-0.39, 0.29) is 35.6 Å². The molecule has 29 heavy (non-hydrogen) atoms. The molecule has 4 rings (SSSR count). The van der Waals surface area contributed by atoms with Crippen LogP contribution < -0.4 is 14.9 Å². The summed E-state index contributed by atoms with van der Waals surface area (Å²) in [5, 5.41) is 4.62. The Labute approximate surface area is 183 Å². The summed E-state index contributed by atoms with van der Waals surface area (Å²) in [6, 6.07) is 8.56. The van der Waals surface area contributed by atoms with E-state index in [0.717, 1.165) is 44.8 Å². The molecule has 0 spiro atoms. The highest BCUT2D eigenvalue weighted by molar-refractivity contribution is 7.89. The fourth-order valence-corrected chi connectivity index (χ4v) is 5.14. The number of sulfonamides is 1. The average Bonchev–Trinajstić information content (AvgIpc) is 2.93. The molecule has 1 saturated heterocycles. The predicted octanol–water partition coefficient (Wildman–Crippen LogP) is 1.85. The van der Waals surface area contributed by atoms with E-state index in [1.54, 1.807) is 42.3 Å². The molecule has 2 heterocycles. The first kappa shape index (κ1) is 23.9. The number of nitrogens with zero attached hydrogens (tertiary/aromatic N) is 2. The van der Waals surface area contributed by atoms with Crippen LogP contribution in [-0.2, 0) is 10.0 Å². The summed E-state index contributed by atoms with van der Waals surface area (Å²) in [4.78, 5) is 16.5. The number of anilines is 1. The van der Waals surface area contributed by atoms with Crippen LogP contribution >= 0.6 is 24.8 Å². The highest BCUT2D eigenvalue weighted by Gasteiger charge is 2.29. The molecule has 2 aliphatic rings. The van der Waals surface area contributed by atoms with Gasteiger partial charge in [0.25, 0.3) is 5.91 Å². The number of amides is 1. The number of rotatable bonds is 6. The van der Waals surface area contributed by atoms with Crippen molar-refractivity contribution in [2.45, 2.75) is 11.3 Å². The van der Waals surface area contributed by atoms with E-state index in [9.17, 15) is 13.2 Å². The fraction of sp³-hybridized carbons (Fsp3) is 0.421. The molecule has 2 aliphatic heterocycles. The third kappa shape index (κ3) is 4.52. The molecule has 0 bridgehead atoms. The highest BCUT2D eigenvalue weighted by Crippen LogP contribution is 2.39. The van der Waals surface area contributed by atoms with Crippen molar-refractivity contribution in [2.24, 2.45) is 0 Å². The highest BCUT2D eigenvalue weighted by atomic mass is 35.5. The molecule has 2 N–H and O–H groups in total. The Bertz CT molecular complexity index is 994. The van der Waals surface area contributed by atoms with Crippen LogP contribution in [0.2, 0.25) is 0 Å². The van der Waals surface area contributed by atoms with Crippen LogP contribution in [0.15, 0.2) is 35.2 Å². The molecule has 2 aromatic carbocycles. The average molecular weight is 461 g/mol. The van der Waals surface area contributed by atoms with Crippen molar-refractivity contribution in [3.8, 4) is 0 Å². The van der Waals surface area contributed by atoms with Gasteiger partial charge in [-0.1, -0.05) is 12.1 Å². The summed E-state index contributed by atoms with van der Waals surface area (Å²) < 4.78 is 28.5. The van der Waals surface area contributed by atoms with Crippen molar-refractivity contribution in [2.75, 3.05) is 51.2 Å². The molecule has 10 heteroatoms. The molecule has 0 aliphatic carbocycles. The van der Waals surface area contributed by atoms with Gasteiger partial charge in [0.15, 0.2) is 0 Å². The van der Waals surface area contributed by atoms with Gasteiger partial charge in [0.05, 0.1) is 10.6 Å². The van der Waals surface area contributed by atoms with Crippen molar-refractivity contribution in [3.05, 3.63) is 35.9 Å². The van der Waals surface area contributed by atoms with Gasteiger partial charge >= 0.3 is 0 Å². The molecule has 2 aromatic rings. The molecular formula is C19H26Cl2N4O3S. The minimum Gasteiger partial charge on any atom is -0.314 e. The first-order chi connectivity index (χ1) is 13.0. The van der Waals surface area contributed by atoms with Crippen molar-refractivity contribution in [1.82, 2.24) is 14.9 Å². The van der Waals surface area contributed by atoms with Crippen molar-refractivity contribution in [1.29, 1.82) is 0 Å². The Morgan fingerprint density at radius 3 is 2.55 bits per heavy atom. The standard InChI is InChI=1S/C19H24N4O3S.2ClH/c1-22-16-6-7-17(14-4-2-5-15(18(14)16)19(22)24)27(25,26)21-8-3-11-23-12-9-20-10-13-23;;/h2,4-7,20-21H,3,8-13H2,1H3;2*1H. The lowest BCUT2D eigenvalue weighted by Gasteiger charge is -2.27. The predicted molar refractivity (Wildman–Crippen MR) is 120 cm³/mol. The van der Waals surface area contributed by atoms with Gasteiger partial charge in [0, 0.05) is 56.1 Å². The van der Waals surface area contributed by atoms with Gasteiger partial charge < -0.3 is 15.1 Å². The largest absolute Gasteiger partial charge is 0.314 e. The third-order valence-corrected chi connectivity index (χ3v) is 6.84. The molecule has 0 aromatic heterocycles. The van der Waals surface area contributed by atoms with Crippen LogP contribution in [0.25, 0.3) is 10.8 Å². The van der Waals surface area contributed by atoms with Gasteiger partial charge in [0.2, 0.25) is 10.0 Å². The van der Waals surface area contributed by atoms with Gasteiger partial charge in [-0.05, 0) is 31.2 Å². The number of carbonyl (C=O) groups is 1. The lowest BCUT2D eigenvalue weighted by Crippen LogP contribution is -2.44. The summed E-state index contributed by atoms with van der Waals surface area (Å²) in [5.41, 5.74) is 1.31. The summed E-state index contributed by atoms with van der Waals surface area (Å²) >= 11 is 0. The molecule has 1 amide bonds. The first-order valence-electron chi connectivity index (χ1n) is 9.25. The molecule has 0 saturated carbocycles. The fourth-order valence-electron chi connectivity index (χ4n) is 3.87. The van der Waals surface area contributed by atoms with E-state index in [1.165, 1.54) is 0 Å². The molecule has 0 atom stereocenters. The summed E-state index contributed by atoms with van der Waals surface area (Å²) in [5.74, 6) is -0.103. The Morgan fingerprint density at radius 2 is 1.83 bits per heavy atom. The third-order valence-electron chi connectivity index (χ3n) is 5.32. The second-order valence-electron chi connectivity index (χ2n) is 7.02. The Morgan fingerprint density at radius 1 is 1.10 bits per heavy atom. The van der Waals surface area contributed by atoms with Gasteiger partial charge in [-0.3, -0.25) is 4.79 Å². The van der Waals surface area contributed by atoms with E-state index >= 15 is 0 Å². The number of halogens is 2. The molecule has 7 nitrogen and oxygen atoms in total. The van der Waals surface area contributed by atoms with Crippen LogP contribution in [0, 0.1) is 0 Å². The normalized spacial score (nSPS) is 16.6. The number of piperazine rings is 1. The lowest BCUT2D eigenvalue weighted by molar-refractivity contribution is 0.0999. The maximum absolute atomic E-state index is 12.9. The number of hydrogen-bond donors (Lipinski definition) is 2. The summed E-state index contributed by atoms with van der Waals surface area (Å²) in [7, 11) is -1.93. The Kier molecular flexibility index (Phi) is 7.89. The van der Waals surface area contributed by atoms with Crippen LogP contribution in [0.3, 0.4) is 0 Å². The SMILES string of the molecule is CN1C(=O)c2cccc3c(S(=O)(=O)NCCCN4CCNCC4)ccc1c23.Cl.Cl. The Hall–Kier alpha value is -1.42. The summed E-state index contributed by atoms with van der Waals surface area (Å²) in [6.45, 7) is 5.26. The zero-order valence-electron chi connectivity index (χ0n) is 16.2. The van der Waals surface area contributed by atoms with Gasteiger partial charge in [-0.25, -0.2) is 13.1 Å². The van der Waals surface area contributed by atoms with E-state index in [0.29, 0.717) is 22.9 Å². The Balaban J connectivity index is 0.00000150. The van der Waals surface area contributed by atoms with Crippen molar-refractivity contribution in [3.63, 3.8) is 0 Å². The van der Waals surface area contributed by atoms with Gasteiger partial charge in [-0.2, -0.15) is 0 Å². The molecular weight excluding hydrogens is 435 g/mol. The second-order valence-corrected chi connectivity index (χ2v) is 8.75. The zero-order valence-corrected chi connectivity index (χ0v) is 18.6. The van der Waals surface area contributed by atoms with Gasteiger partial charge in [-0.15, -0.1) is 24.8 Å². The maximum atomic E-state index is 12.9. The van der Waals surface area contributed by atoms with Crippen LogP contribution in [-0.4, -0.2) is 65.5 Å². The molecule has 0 unspecified atom stereocenters. The van der Waals surface area contributed by atoms with Crippen LogP contribution in [0.5, 0.6) is 0 Å². The topological polar surface area (TPSA) is 81.8 Å². The molecule has 1 fully saturated rings. The van der Waals surface area contributed by atoms with Crippen molar-refractivity contribution >= 4 is 57.2 Å². The first-order valence-corrected chi connectivity index (χ1v) is 10.7. The number of carbonyl (C=O) groups excluding carboxylic acids is 1. The zero-order chi connectivity index (χ0) is 19.0. The number of benzene rings is 2. The lowest BCUT2D eigenvalue weighted by atomic mass is 10.1. The quantitative estimate of drug-likeness (QED) is 0.642. The number of hydrogen-bond acceptors (Lipinski definition) is 5. The van der Waals surface area contributed by atoms with Gasteiger partial charge in [0.1, 0.15) is 0 Å². The van der Waals surface area contributed by atoms with Crippen molar-refractivity contribution < 1.29 is 13.2 Å². The van der Waals surface area contributed by atoms with E-state index in [4.69, 9.17) is 0 Å². The van der Waals surface area contributed by atoms with E-state index in [1.807, 2.05) is 0 Å².